The quantitative estimate of drug-likeness (QED) is 0.689. The van der Waals surface area contributed by atoms with Crippen LogP contribution in [0.25, 0.3) is 0 Å². The average molecular weight is 177 g/mol. The molecule has 1 aromatic rings. The molecule has 0 aliphatic heterocycles. The lowest BCUT2D eigenvalue weighted by Crippen LogP contribution is -2.28. The standard InChI is InChI=1S/C5H5F2N3O2/c1-10-2-8-9-3(10)5(6,7)4(11)12/h2H,1H3,(H,11,12). The molecule has 0 bridgehead atoms. The Labute approximate surface area is 65.6 Å². The Hall–Kier alpha value is -1.53. The van der Waals surface area contributed by atoms with Gasteiger partial charge in [-0.15, -0.1) is 10.2 Å². The van der Waals surface area contributed by atoms with Gasteiger partial charge in [-0.25, -0.2) is 4.79 Å². The van der Waals surface area contributed by atoms with Crippen LogP contribution in [0, 0.1) is 0 Å². The molecule has 0 radical (unpaired) electrons. The first-order valence-electron chi connectivity index (χ1n) is 2.92. The fourth-order valence-corrected chi connectivity index (χ4v) is 0.663. The lowest BCUT2D eigenvalue weighted by atomic mass is 10.3. The minimum atomic E-state index is -3.98. The van der Waals surface area contributed by atoms with E-state index in [1.54, 1.807) is 0 Å². The third-order valence-electron chi connectivity index (χ3n) is 1.26. The van der Waals surface area contributed by atoms with E-state index in [-0.39, 0.29) is 0 Å². The van der Waals surface area contributed by atoms with E-state index in [4.69, 9.17) is 5.11 Å². The molecule has 0 saturated heterocycles. The number of nitrogens with zero attached hydrogens (tertiary/aromatic N) is 3. The van der Waals surface area contributed by atoms with Gasteiger partial charge in [0.25, 0.3) is 0 Å². The molecule has 1 N–H and O–H groups in total. The summed E-state index contributed by atoms with van der Waals surface area (Å²) < 4.78 is 26.2. The summed E-state index contributed by atoms with van der Waals surface area (Å²) in [4.78, 5) is 10.0. The van der Waals surface area contributed by atoms with Gasteiger partial charge < -0.3 is 9.67 Å². The number of carbonyl (C=O) groups is 1. The summed E-state index contributed by atoms with van der Waals surface area (Å²) in [5.41, 5.74) is 0. The molecule has 5 nitrogen and oxygen atoms in total. The van der Waals surface area contributed by atoms with Crippen LogP contribution in [0.15, 0.2) is 6.33 Å². The van der Waals surface area contributed by atoms with E-state index >= 15 is 0 Å². The highest BCUT2D eigenvalue weighted by Crippen LogP contribution is 2.25. The molecule has 12 heavy (non-hydrogen) atoms. The summed E-state index contributed by atoms with van der Waals surface area (Å²) in [6.45, 7) is 0. The number of alkyl halides is 2. The molecule has 0 amide bonds. The molecule has 0 spiro atoms. The first kappa shape index (κ1) is 8.57. The zero-order valence-electron chi connectivity index (χ0n) is 6.03. The van der Waals surface area contributed by atoms with Gasteiger partial charge in [0, 0.05) is 7.05 Å². The van der Waals surface area contributed by atoms with E-state index in [1.807, 2.05) is 0 Å². The Morgan fingerprint density at radius 3 is 2.67 bits per heavy atom. The van der Waals surface area contributed by atoms with Crippen LogP contribution in [0.2, 0.25) is 0 Å². The minimum absolute atomic E-state index is 0.855. The molecule has 66 valence electrons. The minimum Gasteiger partial charge on any atom is -0.476 e. The van der Waals surface area contributed by atoms with Gasteiger partial charge in [0.05, 0.1) is 0 Å². The van der Waals surface area contributed by atoms with Gasteiger partial charge >= 0.3 is 11.9 Å². The van der Waals surface area contributed by atoms with Gasteiger partial charge in [0.15, 0.2) is 0 Å². The molecule has 0 aliphatic carbocycles. The Bertz CT molecular complexity index is 309. The van der Waals surface area contributed by atoms with E-state index in [2.05, 4.69) is 10.2 Å². The van der Waals surface area contributed by atoms with Crippen molar-refractivity contribution in [2.24, 2.45) is 7.05 Å². The lowest BCUT2D eigenvalue weighted by Gasteiger charge is -2.08. The highest BCUT2D eigenvalue weighted by atomic mass is 19.3. The van der Waals surface area contributed by atoms with Crippen LogP contribution in [0.3, 0.4) is 0 Å². The van der Waals surface area contributed by atoms with Gasteiger partial charge in [-0.1, -0.05) is 0 Å². The number of aliphatic carboxylic acids is 1. The number of carboxylic acids is 1. The molecule has 7 heteroatoms. The van der Waals surface area contributed by atoms with Crippen LogP contribution in [0.4, 0.5) is 8.78 Å². The van der Waals surface area contributed by atoms with Gasteiger partial charge in [-0.05, 0) is 0 Å². The maximum absolute atomic E-state index is 12.6. The highest BCUT2D eigenvalue weighted by Gasteiger charge is 2.45. The van der Waals surface area contributed by atoms with Crippen molar-refractivity contribution in [1.82, 2.24) is 14.8 Å². The molecule has 1 aromatic heterocycles. The second-order valence-corrected chi connectivity index (χ2v) is 2.14. The number of aromatic nitrogens is 3. The second kappa shape index (κ2) is 2.50. The van der Waals surface area contributed by atoms with Crippen molar-refractivity contribution in [3.05, 3.63) is 12.2 Å². The maximum atomic E-state index is 12.6. The van der Waals surface area contributed by atoms with E-state index < -0.39 is 17.7 Å². The number of carboxylic acid groups (broad SMARTS) is 1. The summed E-state index contributed by atoms with van der Waals surface area (Å²) in [6.07, 6.45) is 1.01. The highest BCUT2D eigenvalue weighted by molar-refractivity contribution is 5.75. The van der Waals surface area contributed by atoms with Crippen LogP contribution in [-0.4, -0.2) is 25.8 Å². The molecule has 0 unspecified atom stereocenters. The summed E-state index contributed by atoms with van der Waals surface area (Å²) in [5.74, 6) is -7.10. The zero-order valence-corrected chi connectivity index (χ0v) is 6.03. The number of hydrogen-bond donors (Lipinski definition) is 1. The molecular weight excluding hydrogens is 172 g/mol. The normalized spacial score (nSPS) is 11.6. The van der Waals surface area contributed by atoms with Crippen molar-refractivity contribution in [2.75, 3.05) is 0 Å². The average Bonchev–Trinajstić information content (AvgIpc) is 2.35. The summed E-state index contributed by atoms with van der Waals surface area (Å²) in [6, 6.07) is 0. The third-order valence-corrected chi connectivity index (χ3v) is 1.26. The SMILES string of the molecule is Cn1cnnc1C(F)(F)C(=O)O. The number of hydrogen-bond acceptors (Lipinski definition) is 3. The predicted octanol–water partition coefficient (Wildman–Crippen LogP) is -0.00850. The second-order valence-electron chi connectivity index (χ2n) is 2.14. The van der Waals surface area contributed by atoms with Gasteiger partial charge in [-0.2, -0.15) is 8.78 Å². The van der Waals surface area contributed by atoms with Crippen LogP contribution in [0.5, 0.6) is 0 Å². The molecule has 1 heterocycles. The topological polar surface area (TPSA) is 68.0 Å². The van der Waals surface area contributed by atoms with Crippen molar-refractivity contribution in [3.63, 3.8) is 0 Å². The maximum Gasteiger partial charge on any atom is 0.401 e. The van der Waals surface area contributed by atoms with Crippen molar-refractivity contribution >= 4 is 5.97 Å². The van der Waals surface area contributed by atoms with E-state index in [0.717, 1.165) is 10.9 Å². The molecular formula is C5H5F2N3O2. The van der Waals surface area contributed by atoms with Crippen LogP contribution in [-0.2, 0) is 17.8 Å². The third kappa shape index (κ3) is 1.13. The first-order chi connectivity index (χ1) is 5.46. The van der Waals surface area contributed by atoms with Gasteiger partial charge in [-0.3, -0.25) is 0 Å². The van der Waals surface area contributed by atoms with Crippen molar-refractivity contribution < 1.29 is 18.7 Å². The Morgan fingerprint density at radius 1 is 1.75 bits per heavy atom. The van der Waals surface area contributed by atoms with Gasteiger partial charge in [0.1, 0.15) is 6.33 Å². The Balaban J connectivity index is 3.13. The van der Waals surface area contributed by atoms with Gasteiger partial charge in [0.2, 0.25) is 5.82 Å². The van der Waals surface area contributed by atoms with Crippen LogP contribution < -0.4 is 0 Å². The van der Waals surface area contributed by atoms with Crippen molar-refractivity contribution in [2.45, 2.75) is 5.92 Å². The summed E-state index contributed by atoms with van der Waals surface area (Å²) in [7, 11) is 1.24. The lowest BCUT2D eigenvalue weighted by molar-refractivity contribution is -0.167. The van der Waals surface area contributed by atoms with E-state index in [9.17, 15) is 13.6 Å². The summed E-state index contributed by atoms with van der Waals surface area (Å²) >= 11 is 0. The fraction of sp³-hybridized carbons (Fsp3) is 0.400. The van der Waals surface area contributed by atoms with E-state index in [1.165, 1.54) is 7.05 Å². The Kier molecular flexibility index (Phi) is 1.79. The molecule has 0 saturated carbocycles. The molecule has 0 aromatic carbocycles. The molecule has 0 aliphatic rings. The zero-order chi connectivity index (χ0) is 9.35. The fourth-order valence-electron chi connectivity index (χ4n) is 0.663. The van der Waals surface area contributed by atoms with Crippen LogP contribution >= 0.6 is 0 Å². The number of aryl methyl sites for hydroxylation is 1. The largest absolute Gasteiger partial charge is 0.476 e. The number of rotatable bonds is 2. The molecule has 0 fully saturated rings. The predicted molar refractivity (Wildman–Crippen MR) is 32.5 cm³/mol. The van der Waals surface area contributed by atoms with Crippen molar-refractivity contribution in [3.8, 4) is 0 Å². The molecule has 1 rings (SSSR count). The monoisotopic (exact) mass is 177 g/mol. The first-order valence-corrected chi connectivity index (χ1v) is 2.92. The Morgan fingerprint density at radius 2 is 2.33 bits per heavy atom. The van der Waals surface area contributed by atoms with E-state index in [0.29, 0.717) is 0 Å². The smallest absolute Gasteiger partial charge is 0.401 e. The number of halogens is 2. The molecule has 0 atom stereocenters. The van der Waals surface area contributed by atoms with Crippen LogP contribution in [0.1, 0.15) is 5.82 Å². The van der Waals surface area contributed by atoms with Crippen molar-refractivity contribution in [1.29, 1.82) is 0 Å². The summed E-state index contributed by atoms with van der Waals surface area (Å²) in [5, 5.41) is 14.2.